The highest BCUT2D eigenvalue weighted by molar-refractivity contribution is 5.80. The van der Waals surface area contributed by atoms with Gasteiger partial charge in [0, 0.05) is 56.1 Å². The third-order valence-electron chi connectivity index (χ3n) is 5.68. The zero-order valence-corrected chi connectivity index (χ0v) is 19.0. The topological polar surface area (TPSA) is 76.6 Å². The molecule has 172 valence electrons. The molecule has 0 amide bonds. The second-order valence-electron chi connectivity index (χ2n) is 7.85. The number of rotatable bonds is 8. The molecule has 0 saturated carbocycles. The molecule has 1 saturated heterocycles. The van der Waals surface area contributed by atoms with Crippen molar-refractivity contribution in [2.45, 2.75) is 25.8 Å². The Morgan fingerprint density at radius 3 is 2.62 bits per heavy atom. The van der Waals surface area contributed by atoms with Gasteiger partial charge in [-0.25, -0.2) is 0 Å². The zero-order valence-electron chi connectivity index (χ0n) is 19.0. The van der Waals surface area contributed by atoms with Crippen LogP contribution in [0.5, 0.6) is 23.0 Å². The van der Waals surface area contributed by atoms with Gasteiger partial charge in [-0.3, -0.25) is 4.99 Å². The number of guanidine groups is 1. The van der Waals surface area contributed by atoms with Gasteiger partial charge in [-0.15, -0.1) is 0 Å². The molecular weight excluding hydrogens is 408 g/mol. The minimum atomic E-state index is 0.298. The monoisotopic (exact) mass is 440 g/mol. The van der Waals surface area contributed by atoms with Gasteiger partial charge in [-0.1, -0.05) is 6.07 Å². The summed E-state index contributed by atoms with van der Waals surface area (Å²) in [4.78, 5) is 7.13. The molecule has 2 aromatic carbocycles. The van der Waals surface area contributed by atoms with Gasteiger partial charge in [0.25, 0.3) is 0 Å². The molecule has 2 aromatic rings. The molecule has 0 bridgehead atoms. The van der Waals surface area contributed by atoms with E-state index in [1.54, 1.807) is 14.2 Å². The Balaban J connectivity index is 1.34. The number of nitrogens with one attached hydrogen (secondary N) is 2. The maximum atomic E-state index is 5.47. The molecule has 0 aromatic heterocycles. The van der Waals surface area contributed by atoms with Crippen LogP contribution in [0.4, 0.5) is 5.69 Å². The lowest BCUT2D eigenvalue weighted by Gasteiger charge is -2.21. The normalized spacial score (nSPS) is 17.4. The molecule has 4 rings (SSSR count). The molecule has 0 spiro atoms. The van der Waals surface area contributed by atoms with Gasteiger partial charge in [0.1, 0.15) is 11.5 Å². The number of benzene rings is 2. The fourth-order valence-electron chi connectivity index (χ4n) is 3.99. The molecule has 0 aliphatic carbocycles. The molecule has 2 heterocycles. The summed E-state index contributed by atoms with van der Waals surface area (Å²) in [6.07, 6.45) is 1.87. The van der Waals surface area contributed by atoms with Crippen LogP contribution in [0.2, 0.25) is 0 Å². The third kappa shape index (κ3) is 5.30. The Bertz CT molecular complexity index is 927. The predicted molar refractivity (Wildman–Crippen MR) is 126 cm³/mol. The number of hydrogen-bond donors (Lipinski definition) is 2. The van der Waals surface area contributed by atoms with Gasteiger partial charge in [0.05, 0.1) is 14.2 Å². The van der Waals surface area contributed by atoms with Crippen molar-refractivity contribution >= 4 is 11.6 Å². The van der Waals surface area contributed by atoms with E-state index < -0.39 is 0 Å². The van der Waals surface area contributed by atoms with E-state index in [9.17, 15) is 0 Å². The smallest absolute Gasteiger partial charge is 0.231 e. The minimum absolute atomic E-state index is 0.298. The van der Waals surface area contributed by atoms with Crippen molar-refractivity contribution in [2.75, 3.05) is 52.1 Å². The van der Waals surface area contributed by atoms with E-state index in [2.05, 4.69) is 40.7 Å². The average Bonchev–Trinajstić information content (AvgIpc) is 3.48. The summed E-state index contributed by atoms with van der Waals surface area (Å²) < 4.78 is 21.7. The number of methoxy groups -OCH3 is 2. The minimum Gasteiger partial charge on any atom is -0.497 e. The van der Waals surface area contributed by atoms with E-state index in [1.807, 2.05) is 18.2 Å². The van der Waals surface area contributed by atoms with Crippen LogP contribution < -0.4 is 34.5 Å². The van der Waals surface area contributed by atoms with E-state index in [1.165, 1.54) is 5.56 Å². The van der Waals surface area contributed by atoms with Gasteiger partial charge in [0.2, 0.25) is 6.79 Å². The van der Waals surface area contributed by atoms with Gasteiger partial charge in [-0.2, -0.15) is 0 Å². The molecule has 32 heavy (non-hydrogen) atoms. The van der Waals surface area contributed by atoms with Crippen LogP contribution in [0.15, 0.2) is 41.4 Å². The SMILES string of the molecule is CCNC(=NCCc1ccc2c(c1)OCO2)NC1CCN(c2cc(OC)cc(OC)c2)C1. The Morgan fingerprint density at radius 1 is 1.09 bits per heavy atom. The molecule has 2 N–H and O–H groups in total. The maximum Gasteiger partial charge on any atom is 0.231 e. The van der Waals surface area contributed by atoms with Crippen LogP contribution in [0.25, 0.3) is 0 Å². The van der Waals surface area contributed by atoms with Crippen molar-refractivity contribution in [1.82, 2.24) is 10.6 Å². The maximum absolute atomic E-state index is 5.47. The Hall–Kier alpha value is -3.29. The van der Waals surface area contributed by atoms with Crippen LogP contribution >= 0.6 is 0 Å². The Kier molecular flexibility index (Phi) is 7.09. The first kappa shape index (κ1) is 21.9. The van der Waals surface area contributed by atoms with Gasteiger partial charge in [0.15, 0.2) is 17.5 Å². The van der Waals surface area contributed by atoms with E-state index in [4.69, 9.17) is 23.9 Å². The zero-order chi connectivity index (χ0) is 22.3. The summed E-state index contributed by atoms with van der Waals surface area (Å²) in [7, 11) is 3.35. The highest BCUT2D eigenvalue weighted by Crippen LogP contribution is 2.33. The standard InChI is InChI=1S/C24H32N4O4/c1-4-25-24(26-9-7-17-5-6-22-23(11-17)32-16-31-22)27-18-8-10-28(15-18)19-12-20(29-2)14-21(13-19)30-3/h5-6,11-14,18H,4,7-10,15-16H2,1-3H3,(H2,25,26,27). The second-order valence-corrected chi connectivity index (χ2v) is 7.85. The number of anilines is 1. The van der Waals surface area contributed by atoms with E-state index in [0.29, 0.717) is 19.4 Å². The van der Waals surface area contributed by atoms with Crippen molar-refractivity contribution in [3.63, 3.8) is 0 Å². The van der Waals surface area contributed by atoms with Crippen LogP contribution in [-0.2, 0) is 6.42 Å². The second kappa shape index (κ2) is 10.3. The average molecular weight is 441 g/mol. The molecule has 8 nitrogen and oxygen atoms in total. The van der Waals surface area contributed by atoms with E-state index in [-0.39, 0.29) is 0 Å². The van der Waals surface area contributed by atoms with Gasteiger partial charge in [-0.05, 0) is 37.5 Å². The summed E-state index contributed by atoms with van der Waals surface area (Å²) in [5, 5.41) is 6.96. The summed E-state index contributed by atoms with van der Waals surface area (Å²) in [6, 6.07) is 12.4. The highest BCUT2D eigenvalue weighted by atomic mass is 16.7. The van der Waals surface area contributed by atoms with E-state index in [0.717, 1.165) is 67.1 Å². The van der Waals surface area contributed by atoms with Crippen molar-refractivity contribution in [3.8, 4) is 23.0 Å². The fraction of sp³-hybridized carbons (Fsp3) is 0.458. The lowest BCUT2D eigenvalue weighted by Crippen LogP contribution is -2.44. The molecule has 2 aliphatic rings. The molecule has 1 fully saturated rings. The van der Waals surface area contributed by atoms with Crippen molar-refractivity contribution in [1.29, 1.82) is 0 Å². The van der Waals surface area contributed by atoms with Crippen molar-refractivity contribution in [2.24, 2.45) is 4.99 Å². The number of aliphatic imine (C=N–C) groups is 1. The van der Waals surface area contributed by atoms with Gasteiger partial charge < -0.3 is 34.5 Å². The Labute approximate surface area is 189 Å². The largest absolute Gasteiger partial charge is 0.497 e. The molecule has 1 unspecified atom stereocenters. The van der Waals surface area contributed by atoms with Gasteiger partial charge >= 0.3 is 0 Å². The van der Waals surface area contributed by atoms with Crippen LogP contribution in [0.1, 0.15) is 18.9 Å². The molecule has 0 radical (unpaired) electrons. The molecule has 1 atom stereocenters. The summed E-state index contributed by atoms with van der Waals surface area (Å²) >= 11 is 0. The fourth-order valence-corrected chi connectivity index (χ4v) is 3.99. The number of fused-ring (bicyclic) bond motifs is 1. The Morgan fingerprint density at radius 2 is 1.88 bits per heavy atom. The summed E-state index contributed by atoms with van der Waals surface area (Å²) in [5.41, 5.74) is 2.29. The summed E-state index contributed by atoms with van der Waals surface area (Å²) in [5.74, 6) is 4.08. The first-order chi connectivity index (χ1) is 15.7. The lowest BCUT2D eigenvalue weighted by molar-refractivity contribution is 0.174. The lowest BCUT2D eigenvalue weighted by atomic mass is 10.1. The summed E-state index contributed by atoms with van der Waals surface area (Å²) in [6.45, 7) is 5.75. The van der Waals surface area contributed by atoms with Crippen LogP contribution in [-0.4, -0.2) is 59.2 Å². The first-order valence-electron chi connectivity index (χ1n) is 11.1. The van der Waals surface area contributed by atoms with Crippen LogP contribution in [0, 0.1) is 0 Å². The van der Waals surface area contributed by atoms with Crippen LogP contribution in [0.3, 0.4) is 0 Å². The molecular formula is C24H32N4O4. The van der Waals surface area contributed by atoms with Crippen molar-refractivity contribution < 1.29 is 18.9 Å². The molecule has 8 heteroatoms. The first-order valence-corrected chi connectivity index (χ1v) is 11.1. The third-order valence-corrected chi connectivity index (χ3v) is 5.68. The quantitative estimate of drug-likeness (QED) is 0.483. The number of ether oxygens (including phenoxy) is 4. The highest BCUT2D eigenvalue weighted by Gasteiger charge is 2.24. The predicted octanol–water partition coefficient (Wildman–Crippen LogP) is 2.81. The van der Waals surface area contributed by atoms with Crippen molar-refractivity contribution in [3.05, 3.63) is 42.0 Å². The number of nitrogens with zero attached hydrogens (tertiary/aromatic N) is 2. The van der Waals surface area contributed by atoms with E-state index >= 15 is 0 Å². The number of hydrogen-bond acceptors (Lipinski definition) is 6. The molecule has 2 aliphatic heterocycles.